The molecular formula is C25H33N3O5S. The van der Waals surface area contributed by atoms with Gasteiger partial charge in [0, 0.05) is 19.6 Å². The van der Waals surface area contributed by atoms with Crippen LogP contribution in [0.15, 0.2) is 23.1 Å². The fourth-order valence-corrected chi connectivity index (χ4v) is 8.69. The lowest BCUT2D eigenvalue weighted by Crippen LogP contribution is -2.48. The largest absolute Gasteiger partial charge is 0.457 e. The Morgan fingerprint density at radius 1 is 1.09 bits per heavy atom. The number of benzene rings is 1. The second-order valence-electron chi connectivity index (χ2n) is 10.5. The van der Waals surface area contributed by atoms with Gasteiger partial charge in [-0.3, -0.25) is 4.79 Å². The third-order valence-corrected chi connectivity index (χ3v) is 10.5. The molecule has 4 saturated carbocycles. The van der Waals surface area contributed by atoms with E-state index in [9.17, 15) is 13.2 Å². The lowest BCUT2D eigenvalue weighted by atomic mass is 9.52. The fourth-order valence-electron chi connectivity index (χ4n) is 7.26. The van der Waals surface area contributed by atoms with Crippen LogP contribution in [0.5, 0.6) is 0 Å². The van der Waals surface area contributed by atoms with E-state index in [0.717, 1.165) is 17.4 Å². The van der Waals surface area contributed by atoms with Gasteiger partial charge in [0.25, 0.3) is 0 Å². The first-order valence-corrected chi connectivity index (χ1v) is 14.1. The molecular weight excluding hydrogens is 454 g/mol. The maximum Gasteiger partial charge on any atom is 0.309 e. The molecule has 1 aromatic heterocycles. The number of hydrogen-bond acceptors (Lipinski definition) is 6. The number of aromatic nitrogens is 2. The normalized spacial score (nSPS) is 31.3. The highest BCUT2D eigenvalue weighted by Crippen LogP contribution is 2.56. The number of aryl methyl sites for hydroxylation is 1. The number of fused-ring (bicyclic) bond motifs is 1. The Morgan fingerprint density at radius 3 is 2.41 bits per heavy atom. The molecule has 0 unspecified atom stereocenters. The molecule has 0 N–H and O–H groups in total. The number of esters is 1. The van der Waals surface area contributed by atoms with Crippen molar-refractivity contribution in [1.82, 2.24) is 13.9 Å². The van der Waals surface area contributed by atoms with Crippen LogP contribution < -0.4 is 0 Å². The number of hydrogen-bond donors (Lipinski definition) is 0. The van der Waals surface area contributed by atoms with Crippen LogP contribution in [-0.2, 0) is 37.4 Å². The third kappa shape index (κ3) is 3.76. The van der Waals surface area contributed by atoms with Gasteiger partial charge in [-0.05, 0) is 80.9 Å². The van der Waals surface area contributed by atoms with Gasteiger partial charge in [0.15, 0.2) is 0 Å². The summed E-state index contributed by atoms with van der Waals surface area (Å²) in [4.78, 5) is 18.1. The maximum atomic E-state index is 13.1. The van der Waals surface area contributed by atoms with Crippen molar-refractivity contribution in [2.45, 2.75) is 57.1 Å². The van der Waals surface area contributed by atoms with Gasteiger partial charge in [-0.1, -0.05) is 0 Å². The lowest BCUT2D eigenvalue weighted by molar-refractivity contribution is -0.164. The van der Waals surface area contributed by atoms with Crippen molar-refractivity contribution in [3.05, 3.63) is 24.0 Å². The minimum absolute atomic E-state index is 0.0394. The van der Waals surface area contributed by atoms with Crippen molar-refractivity contribution in [1.29, 1.82) is 0 Å². The molecule has 5 aliphatic rings. The highest BCUT2D eigenvalue weighted by Gasteiger charge is 2.51. The molecule has 4 aliphatic carbocycles. The molecule has 1 saturated heterocycles. The van der Waals surface area contributed by atoms with E-state index in [1.807, 2.05) is 17.6 Å². The van der Waals surface area contributed by atoms with Gasteiger partial charge in [0.05, 0.1) is 35.1 Å². The van der Waals surface area contributed by atoms with Crippen molar-refractivity contribution < 1.29 is 22.7 Å². The Balaban J connectivity index is 1.21. The first-order chi connectivity index (χ1) is 16.4. The smallest absolute Gasteiger partial charge is 0.309 e. The molecule has 1 aliphatic heterocycles. The van der Waals surface area contributed by atoms with Gasteiger partial charge in [0.1, 0.15) is 12.4 Å². The zero-order valence-corrected chi connectivity index (χ0v) is 20.5. The van der Waals surface area contributed by atoms with Gasteiger partial charge in [-0.15, -0.1) is 0 Å². The summed E-state index contributed by atoms with van der Waals surface area (Å²) in [6, 6.07) is 5.09. The van der Waals surface area contributed by atoms with Crippen LogP contribution in [0, 0.1) is 29.6 Å². The number of morpholine rings is 1. The van der Waals surface area contributed by atoms with Crippen LogP contribution in [0.4, 0.5) is 0 Å². The van der Waals surface area contributed by atoms with E-state index < -0.39 is 10.0 Å². The predicted octanol–water partition coefficient (Wildman–Crippen LogP) is 3.19. The number of rotatable bonds is 6. The number of nitrogens with zero attached hydrogens (tertiary/aromatic N) is 3. The molecule has 9 heteroatoms. The van der Waals surface area contributed by atoms with Crippen molar-refractivity contribution in [3.8, 4) is 0 Å². The summed E-state index contributed by atoms with van der Waals surface area (Å²) >= 11 is 0. The van der Waals surface area contributed by atoms with Crippen molar-refractivity contribution in [2.75, 3.05) is 26.3 Å². The average Bonchev–Trinajstić information content (AvgIpc) is 3.19. The lowest BCUT2D eigenvalue weighted by Gasteiger charge is -2.53. The van der Waals surface area contributed by atoms with E-state index in [0.29, 0.717) is 56.0 Å². The molecule has 1 aromatic carbocycles. The zero-order chi connectivity index (χ0) is 23.4. The number of sulfonamides is 1. The zero-order valence-electron chi connectivity index (χ0n) is 19.7. The number of carbonyl (C=O) groups is 1. The summed E-state index contributed by atoms with van der Waals surface area (Å²) in [5.74, 6) is 3.24. The summed E-state index contributed by atoms with van der Waals surface area (Å²) in [5.41, 5.74) is 1.46. The Hall–Kier alpha value is -1.97. The molecule has 0 radical (unpaired) electrons. The van der Waals surface area contributed by atoms with Gasteiger partial charge in [-0.25, -0.2) is 13.4 Å². The van der Waals surface area contributed by atoms with Crippen molar-refractivity contribution >= 4 is 27.0 Å². The Morgan fingerprint density at radius 2 is 1.76 bits per heavy atom. The summed E-state index contributed by atoms with van der Waals surface area (Å²) < 4.78 is 40.8. The highest BCUT2D eigenvalue weighted by atomic mass is 32.2. The molecule has 2 heterocycles. The minimum atomic E-state index is -3.60. The summed E-state index contributed by atoms with van der Waals surface area (Å²) in [7, 11) is -3.60. The molecule has 0 spiro atoms. The first-order valence-electron chi connectivity index (χ1n) is 12.7. The van der Waals surface area contributed by atoms with Gasteiger partial charge >= 0.3 is 5.97 Å². The Bertz CT molecular complexity index is 1170. The molecule has 8 nitrogen and oxygen atoms in total. The topological polar surface area (TPSA) is 90.7 Å². The average molecular weight is 488 g/mol. The number of ether oxygens (including phenoxy) is 2. The Kier molecular flexibility index (Phi) is 5.69. The molecule has 4 bridgehead atoms. The molecule has 184 valence electrons. The minimum Gasteiger partial charge on any atom is -0.457 e. The molecule has 5 fully saturated rings. The van der Waals surface area contributed by atoms with Gasteiger partial charge in [0.2, 0.25) is 10.0 Å². The van der Waals surface area contributed by atoms with Crippen LogP contribution in [0.25, 0.3) is 11.0 Å². The van der Waals surface area contributed by atoms with Crippen LogP contribution in [0.1, 0.15) is 44.9 Å². The Labute approximate surface area is 200 Å². The van der Waals surface area contributed by atoms with Crippen molar-refractivity contribution in [2.24, 2.45) is 29.6 Å². The van der Waals surface area contributed by atoms with Gasteiger partial charge in [-0.2, -0.15) is 4.31 Å². The highest BCUT2D eigenvalue weighted by molar-refractivity contribution is 7.89. The van der Waals surface area contributed by atoms with E-state index in [1.165, 1.54) is 36.4 Å². The fraction of sp³-hybridized carbons (Fsp3) is 0.680. The van der Waals surface area contributed by atoms with Crippen molar-refractivity contribution in [3.63, 3.8) is 0 Å². The molecule has 34 heavy (non-hydrogen) atoms. The molecule has 0 amide bonds. The maximum absolute atomic E-state index is 13.1. The number of carbonyl (C=O) groups excluding carboxylic acids is 1. The first kappa shape index (κ1) is 22.5. The van der Waals surface area contributed by atoms with E-state index in [-0.39, 0.29) is 23.4 Å². The van der Waals surface area contributed by atoms with Gasteiger partial charge < -0.3 is 14.0 Å². The summed E-state index contributed by atoms with van der Waals surface area (Å²) in [6.45, 7) is 4.33. The second-order valence-corrected chi connectivity index (χ2v) is 12.4. The van der Waals surface area contributed by atoms with E-state index in [2.05, 4.69) is 4.98 Å². The summed E-state index contributed by atoms with van der Waals surface area (Å²) in [6.07, 6.45) is 6.08. The van der Waals surface area contributed by atoms with Crippen LogP contribution >= 0.6 is 0 Å². The summed E-state index contributed by atoms with van der Waals surface area (Å²) in [5, 5.41) is 0. The van der Waals surface area contributed by atoms with E-state index in [1.54, 1.807) is 12.1 Å². The number of imidazole rings is 1. The van der Waals surface area contributed by atoms with Crippen LogP contribution in [0.2, 0.25) is 0 Å². The predicted molar refractivity (Wildman–Crippen MR) is 125 cm³/mol. The van der Waals surface area contributed by atoms with E-state index >= 15 is 0 Å². The monoisotopic (exact) mass is 487 g/mol. The van der Waals surface area contributed by atoms with E-state index in [4.69, 9.17) is 9.47 Å². The molecule has 2 aromatic rings. The van der Waals surface area contributed by atoms with Crippen LogP contribution in [-0.4, -0.2) is 54.5 Å². The second kappa shape index (κ2) is 8.60. The third-order valence-electron chi connectivity index (χ3n) is 8.57. The van der Waals surface area contributed by atoms with Crippen LogP contribution in [0.3, 0.4) is 0 Å². The standard InChI is InChI=1S/C25H33N3O5S/c1-2-28-22-4-3-20(34(30,31)27-5-7-32-8-6-27)14-21(22)26-23(28)15-33-25(29)24-18-10-16-9-17(12-18)13-19(24)11-16/h3-4,14,16-19,24H,2,5-13,15H2,1H3. The molecule has 0 atom stereocenters. The SMILES string of the molecule is CCn1c(COC(=O)C2C3CC4CC(C3)CC2C4)nc2cc(S(=O)(=O)N3CCOCC3)ccc21. The quantitative estimate of drug-likeness (QED) is 0.582. The molecule has 7 rings (SSSR count).